The summed E-state index contributed by atoms with van der Waals surface area (Å²) >= 11 is 0. The average molecular weight is 328 g/mol. The van der Waals surface area contributed by atoms with Crippen molar-refractivity contribution in [2.75, 3.05) is 0 Å². The normalized spacial score (nSPS) is 11.2. The van der Waals surface area contributed by atoms with Gasteiger partial charge < -0.3 is 4.57 Å². The molecule has 0 fully saturated rings. The van der Waals surface area contributed by atoms with Gasteiger partial charge in [0.05, 0.1) is 28.6 Å². The molecule has 1 aromatic carbocycles. The molecule has 0 saturated carbocycles. The fourth-order valence-electron chi connectivity index (χ4n) is 3.36. The molecule has 0 unspecified atom stereocenters. The van der Waals surface area contributed by atoms with Crippen molar-refractivity contribution in [3.63, 3.8) is 0 Å². The molecule has 25 heavy (non-hydrogen) atoms. The van der Waals surface area contributed by atoms with Gasteiger partial charge in [-0.15, -0.1) is 0 Å². The molecule has 0 aliphatic rings. The summed E-state index contributed by atoms with van der Waals surface area (Å²) in [4.78, 5) is 14.0. The molecule has 0 aliphatic heterocycles. The van der Waals surface area contributed by atoms with Crippen LogP contribution in [0.5, 0.6) is 0 Å². The fourth-order valence-corrected chi connectivity index (χ4v) is 3.36. The Kier molecular flexibility index (Phi) is 3.61. The van der Waals surface area contributed by atoms with Crippen molar-refractivity contribution in [3.8, 4) is 22.5 Å². The summed E-state index contributed by atoms with van der Waals surface area (Å²) < 4.78 is 2.06. The zero-order chi connectivity index (χ0) is 17.6. The molecule has 4 aromatic rings. The molecule has 4 nitrogen and oxygen atoms in total. The molecule has 4 rings (SSSR count). The van der Waals surface area contributed by atoms with E-state index < -0.39 is 0 Å². The van der Waals surface area contributed by atoms with Crippen molar-refractivity contribution in [3.05, 3.63) is 65.7 Å². The van der Waals surface area contributed by atoms with Crippen LogP contribution < -0.4 is 0 Å². The number of rotatable bonds is 2. The van der Waals surface area contributed by atoms with E-state index in [1.807, 2.05) is 32.4 Å². The standard InChI is InChI=1S/C21H20N4/c1-13-7-5-8-14(2)20(13)21-16(9-6-10-22-21)17-11-18-19(12-23-17)25(4)15(3)24-18/h5-12H,1-4H3. The zero-order valence-electron chi connectivity index (χ0n) is 14.9. The maximum absolute atomic E-state index is 4.70. The van der Waals surface area contributed by atoms with Gasteiger partial charge >= 0.3 is 0 Å². The molecule has 3 aromatic heterocycles. The van der Waals surface area contributed by atoms with E-state index in [-0.39, 0.29) is 0 Å². The third-order valence-corrected chi connectivity index (χ3v) is 4.79. The van der Waals surface area contributed by atoms with E-state index in [0.29, 0.717) is 0 Å². The maximum Gasteiger partial charge on any atom is 0.106 e. The van der Waals surface area contributed by atoms with Crippen LogP contribution in [0.4, 0.5) is 0 Å². The molecule has 0 saturated heterocycles. The predicted octanol–water partition coefficient (Wildman–Crippen LogP) is 4.62. The van der Waals surface area contributed by atoms with E-state index in [9.17, 15) is 0 Å². The summed E-state index contributed by atoms with van der Waals surface area (Å²) in [5.74, 6) is 0.982. The third-order valence-electron chi connectivity index (χ3n) is 4.79. The van der Waals surface area contributed by atoms with E-state index in [2.05, 4.69) is 58.7 Å². The van der Waals surface area contributed by atoms with Crippen molar-refractivity contribution < 1.29 is 0 Å². The molecule has 0 bridgehead atoms. The van der Waals surface area contributed by atoms with Crippen LogP contribution in [0, 0.1) is 20.8 Å². The first-order valence-corrected chi connectivity index (χ1v) is 8.37. The van der Waals surface area contributed by atoms with Crippen LogP contribution in [-0.2, 0) is 7.05 Å². The van der Waals surface area contributed by atoms with Crippen molar-refractivity contribution in [1.82, 2.24) is 19.5 Å². The monoisotopic (exact) mass is 328 g/mol. The minimum Gasteiger partial charge on any atom is -0.330 e. The largest absolute Gasteiger partial charge is 0.330 e. The molecule has 3 heterocycles. The summed E-state index contributed by atoms with van der Waals surface area (Å²) in [6, 6.07) is 12.4. The van der Waals surface area contributed by atoms with Gasteiger partial charge in [-0.25, -0.2) is 4.98 Å². The molecule has 0 N–H and O–H groups in total. The summed E-state index contributed by atoms with van der Waals surface area (Å²) in [7, 11) is 2.01. The first-order chi connectivity index (χ1) is 12.1. The summed E-state index contributed by atoms with van der Waals surface area (Å²) in [5, 5.41) is 0. The van der Waals surface area contributed by atoms with Gasteiger partial charge in [0.1, 0.15) is 5.82 Å². The van der Waals surface area contributed by atoms with Crippen LogP contribution in [0.25, 0.3) is 33.5 Å². The Bertz CT molecular complexity index is 1070. The molecule has 0 aliphatic carbocycles. The molecule has 0 spiro atoms. The number of aromatic nitrogens is 4. The van der Waals surface area contributed by atoms with Crippen LogP contribution >= 0.6 is 0 Å². The Morgan fingerprint density at radius 2 is 1.68 bits per heavy atom. The first-order valence-electron chi connectivity index (χ1n) is 8.37. The molecule has 124 valence electrons. The Morgan fingerprint density at radius 3 is 2.44 bits per heavy atom. The van der Waals surface area contributed by atoms with E-state index in [0.717, 1.165) is 33.8 Å². The van der Waals surface area contributed by atoms with E-state index in [1.165, 1.54) is 16.7 Å². The number of hydrogen-bond acceptors (Lipinski definition) is 3. The zero-order valence-corrected chi connectivity index (χ0v) is 14.9. The van der Waals surface area contributed by atoms with Gasteiger partial charge in [-0.05, 0) is 50.1 Å². The minimum atomic E-state index is 0.899. The van der Waals surface area contributed by atoms with Gasteiger partial charge in [0.15, 0.2) is 0 Å². The second kappa shape index (κ2) is 5.81. The number of aryl methyl sites for hydroxylation is 4. The lowest BCUT2D eigenvalue weighted by atomic mass is 9.95. The van der Waals surface area contributed by atoms with Gasteiger partial charge in [-0.3, -0.25) is 9.97 Å². The predicted molar refractivity (Wildman–Crippen MR) is 101 cm³/mol. The lowest BCUT2D eigenvalue weighted by Gasteiger charge is -2.13. The second-order valence-electron chi connectivity index (χ2n) is 6.44. The molecular weight excluding hydrogens is 308 g/mol. The second-order valence-corrected chi connectivity index (χ2v) is 6.44. The lowest BCUT2D eigenvalue weighted by Crippen LogP contribution is -1.96. The van der Waals surface area contributed by atoms with Gasteiger partial charge in [0, 0.05) is 24.4 Å². The number of nitrogens with zero attached hydrogens (tertiary/aromatic N) is 4. The quantitative estimate of drug-likeness (QED) is 0.539. The number of imidazole rings is 1. The summed E-state index contributed by atoms with van der Waals surface area (Å²) in [6.07, 6.45) is 3.74. The number of fused-ring (bicyclic) bond motifs is 1. The minimum absolute atomic E-state index is 0.899. The third kappa shape index (κ3) is 2.50. The van der Waals surface area contributed by atoms with Crippen molar-refractivity contribution in [2.24, 2.45) is 7.05 Å². The van der Waals surface area contributed by atoms with E-state index in [1.54, 1.807) is 0 Å². The van der Waals surface area contributed by atoms with Crippen molar-refractivity contribution in [2.45, 2.75) is 20.8 Å². The van der Waals surface area contributed by atoms with E-state index >= 15 is 0 Å². The highest BCUT2D eigenvalue weighted by Crippen LogP contribution is 2.34. The Balaban J connectivity index is 1.96. The SMILES string of the molecule is Cc1cccc(C)c1-c1ncccc1-c1cc2nc(C)n(C)c2cn1. The highest BCUT2D eigenvalue weighted by molar-refractivity contribution is 5.86. The summed E-state index contributed by atoms with van der Waals surface area (Å²) in [6.45, 7) is 6.25. The Morgan fingerprint density at radius 1 is 0.920 bits per heavy atom. The average Bonchev–Trinajstić information content (AvgIpc) is 2.89. The molecule has 0 atom stereocenters. The number of hydrogen-bond donors (Lipinski definition) is 0. The Hall–Kier alpha value is -3.01. The number of benzene rings is 1. The van der Waals surface area contributed by atoms with Gasteiger partial charge in [-0.2, -0.15) is 0 Å². The van der Waals surface area contributed by atoms with Gasteiger partial charge in [0.25, 0.3) is 0 Å². The van der Waals surface area contributed by atoms with Gasteiger partial charge in [0.2, 0.25) is 0 Å². The van der Waals surface area contributed by atoms with Crippen LogP contribution in [0.3, 0.4) is 0 Å². The van der Waals surface area contributed by atoms with Crippen LogP contribution in [0.2, 0.25) is 0 Å². The van der Waals surface area contributed by atoms with Crippen molar-refractivity contribution in [1.29, 1.82) is 0 Å². The smallest absolute Gasteiger partial charge is 0.106 e. The molecular formula is C21H20N4. The topological polar surface area (TPSA) is 43.6 Å². The van der Waals surface area contributed by atoms with Gasteiger partial charge in [-0.1, -0.05) is 18.2 Å². The maximum atomic E-state index is 4.70. The number of pyridine rings is 2. The fraction of sp³-hybridized carbons (Fsp3) is 0.190. The Labute approximate surface area is 147 Å². The van der Waals surface area contributed by atoms with Crippen LogP contribution in [-0.4, -0.2) is 19.5 Å². The lowest BCUT2D eigenvalue weighted by molar-refractivity contribution is 0.884. The van der Waals surface area contributed by atoms with Crippen LogP contribution in [0.1, 0.15) is 17.0 Å². The highest BCUT2D eigenvalue weighted by atomic mass is 15.1. The summed E-state index contributed by atoms with van der Waals surface area (Å²) in [5.41, 5.74) is 8.51. The highest BCUT2D eigenvalue weighted by Gasteiger charge is 2.15. The van der Waals surface area contributed by atoms with Crippen molar-refractivity contribution >= 4 is 11.0 Å². The molecule has 4 heteroatoms. The first kappa shape index (κ1) is 15.5. The molecule has 0 amide bonds. The van der Waals surface area contributed by atoms with Crippen LogP contribution in [0.15, 0.2) is 48.8 Å². The van der Waals surface area contributed by atoms with E-state index in [4.69, 9.17) is 4.98 Å². The molecule has 0 radical (unpaired) electrons.